The lowest BCUT2D eigenvalue weighted by atomic mass is 10.2. The van der Waals surface area contributed by atoms with E-state index in [0.29, 0.717) is 0 Å². The van der Waals surface area contributed by atoms with Crippen molar-refractivity contribution >= 4 is 18.0 Å². The summed E-state index contributed by atoms with van der Waals surface area (Å²) in [5.74, 6) is -1.93. The summed E-state index contributed by atoms with van der Waals surface area (Å²) in [6.45, 7) is 0. The molecule has 0 saturated carbocycles. The minimum Gasteiger partial charge on any atom is -0.477 e. The molecule has 1 atom stereocenters. The number of aliphatic imine (C=N–C) groups is 1. The molecule has 1 aliphatic rings. The predicted octanol–water partition coefficient (Wildman–Crippen LogP) is -1.03. The maximum absolute atomic E-state index is 10.6. The Bertz CT molecular complexity index is 266. The molecule has 0 saturated heterocycles. The van der Waals surface area contributed by atoms with Crippen molar-refractivity contribution in [2.24, 2.45) is 4.99 Å². The van der Waals surface area contributed by atoms with Crippen LogP contribution in [0.1, 0.15) is 0 Å². The zero-order chi connectivity index (χ0) is 8.43. The molecule has 1 aliphatic heterocycles. The molecule has 1 unspecified atom stereocenters. The first-order chi connectivity index (χ1) is 5.11. The normalized spacial score (nSPS) is 23.2. The number of aliphatic hydroxyl groups is 1. The van der Waals surface area contributed by atoms with Gasteiger partial charge in [-0.1, -0.05) is 0 Å². The SMILES string of the molecule is O=C(O)C1=CC(=O)C(O)C=N1. The van der Waals surface area contributed by atoms with Crippen LogP contribution >= 0.6 is 0 Å². The maximum Gasteiger partial charge on any atom is 0.354 e. The Morgan fingerprint density at radius 2 is 2.27 bits per heavy atom. The molecule has 0 aromatic rings. The van der Waals surface area contributed by atoms with Crippen LogP contribution in [0.15, 0.2) is 16.8 Å². The van der Waals surface area contributed by atoms with Gasteiger partial charge in [0.15, 0.2) is 17.6 Å². The summed E-state index contributed by atoms with van der Waals surface area (Å²) in [7, 11) is 0. The van der Waals surface area contributed by atoms with Gasteiger partial charge in [-0.3, -0.25) is 9.79 Å². The first kappa shape index (κ1) is 7.62. The quantitative estimate of drug-likeness (QED) is 0.506. The van der Waals surface area contributed by atoms with Gasteiger partial charge >= 0.3 is 5.97 Å². The van der Waals surface area contributed by atoms with Gasteiger partial charge in [-0.05, 0) is 0 Å². The number of rotatable bonds is 1. The third-order valence-electron chi connectivity index (χ3n) is 1.14. The second kappa shape index (κ2) is 2.63. The van der Waals surface area contributed by atoms with Crippen molar-refractivity contribution in [3.8, 4) is 0 Å². The third kappa shape index (κ3) is 1.50. The number of aliphatic carboxylic acids is 1. The van der Waals surface area contributed by atoms with Crippen molar-refractivity contribution in [2.75, 3.05) is 0 Å². The van der Waals surface area contributed by atoms with E-state index in [1.807, 2.05) is 0 Å². The number of carboxylic acids is 1. The van der Waals surface area contributed by atoms with Crippen molar-refractivity contribution in [3.05, 3.63) is 11.8 Å². The molecular weight excluding hydrogens is 150 g/mol. The zero-order valence-electron chi connectivity index (χ0n) is 5.39. The van der Waals surface area contributed by atoms with Crippen LogP contribution in [-0.4, -0.2) is 34.3 Å². The van der Waals surface area contributed by atoms with Gasteiger partial charge in [0, 0.05) is 12.3 Å². The van der Waals surface area contributed by atoms with E-state index in [9.17, 15) is 9.59 Å². The first-order valence-corrected chi connectivity index (χ1v) is 2.82. The molecule has 5 heteroatoms. The van der Waals surface area contributed by atoms with E-state index in [0.717, 1.165) is 12.3 Å². The van der Waals surface area contributed by atoms with Crippen LogP contribution in [0.3, 0.4) is 0 Å². The molecular formula is C6H5NO4. The molecule has 1 heterocycles. The van der Waals surface area contributed by atoms with E-state index in [-0.39, 0.29) is 5.70 Å². The third-order valence-corrected chi connectivity index (χ3v) is 1.14. The number of carbonyl (C=O) groups excluding carboxylic acids is 1. The largest absolute Gasteiger partial charge is 0.477 e. The van der Waals surface area contributed by atoms with Crippen molar-refractivity contribution in [1.82, 2.24) is 0 Å². The van der Waals surface area contributed by atoms with E-state index in [1.54, 1.807) is 0 Å². The summed E-state index contributed by atoms with van der Waals surface area (Å²) < 4.78 is 0. The van der Waals surface area contributed by atoms with E-state index < -0.39 is 17.9 Å². The molecule has 2 N–H and O–H groups in total. The molecule has 0 bridgehead atoms. The van der Waals surface area contributed by atoms with Crippen molar-refractivity contribution in [1.29, 1.82) is 0 Å². The molecule has 0 aliphatic carbocycles. The standard InChI is InChI=1S/C6H5NO4/c8-4-1-3(6(10)11)7-2-5(4)9/h1-2,5,9H,(H,10,11). The molecule has 0 radical (unpaired) electrons. The number of carbonyl (C=O) groups is 2. The molecule has 0 aromatic heterocycles. The number of hydrogen-bond acceptors (Lipinski definition) is 4. The summed E-state index contributed by atoms with van der Waals surface area (Å²) in [6.07, 6.45) is 0.400. The molecule has 0 aromatic carbocycles. The van der Waals surface area contributed by atoms with Gasteiger partial charge in [0.25, 0.3) is 0 Å². The summed E-state index contributed by atoms with van der Waals surface area (Å²) in [4.78, 5) is 24.1. The fourth-order valence-electron chi connectivity index (χ4n) is 0.599. The average molecular weight is 155 g/mol. The lowest BCUT2D eigenvalue weighted by Gasteiger charge is -2.04. The Morgan fingerprint density at radius 1 is 1.64 bits per heavy atom. The Morgan fingerprint density at radius 3 is 2.73 bits per heavy atom. The van der Waals surface area contributed by atoms with Crippen molar-refractivity contribution < 1.29 is 19.8 Å². The van der Waals surface area contributed by atoms with E-state index >= 15 is 0 Å². The zero-order valence-corrected chi connectivity index (χ0v) is 5.39. The first-order valence-electron chi connectivity index (χ1n) is 2.82. The lowest BCUT2D eigenvalue weighted by Crippen LogP contribution is -2.24. The predicted molar refractivity (Wildman–Crippen MR) is 35.2 cm³/mol. The van der Waals surface area contributed by atoms with E-state index in [1.165, 1.54) is 0 Å². The van der Waals surface area contributed by atoms with Gasteiger partial charge in [-0.25, -0.2) is 4.79 Å². The van der Waals surface area contributed by atoms with Gasteiger partial charge in [0.05, 0.1) is 0 Å². The smallest absolute Gasteiger partial charge is 0.354 e. The fourth-order valence-corrected chi connectivity index (χ4v) is 0.599. The number of nitrogens with zero attached hydrogens (tertiary/aromatic N) is 1. The molecule has 0 fully saturated rings. The topological polar surface area (TPSA) is 87.0 Å². The number of aliphatic hydroxyl groups excluding tert-OH is 1. The van der Waals surface area contributed by atoms with Crippen LogP contribution < -0.4 is 0 Å². The molecule has 5 nitrogen and oxygen atoms in total. The fraction of sp³-hybridized carbons (Fsp3) is 0.167. The highest BCUT2D eigenvalue weighted by molar-refractivity contribution is 6.11. The van der Waals surface area contributed by atoms with Crippen molar-refractivity contribution in [2.45, 2.75) is 6.10 Å². The van der Waals surface area contributed by atoms with Gasteiger partial charge < -0.3 is 10.2 Å². The van der Waals surface area contributed by atoms with E-state index in [4.69, 9.17) is 10.2 Å². The molecule has 0 amide bonds. The molecule has 58 valence electrons. The Labute approximate surface area is 61.7 Å². The van der Waals surface area contributed by atoms with Crippen LogP contribution in [0.2, 0.25) is 0 Å². The van der Waals surface area contributed by atoms with Gasteiger partial charge in [0.2, 0.25) is 0 Å². The summed E-state index contributed by atoms with van der Waals surface area (Å²) in [5, 5.41) is 17.1. The summed E-state index contributed by atoms with van der Waals surface area (Å²) in [6, 6.07) is 0. The minimum atomic E-state index is -1.29. The van der Waals surface area contributed by atoms with Crippen LogP contribution in [0.4, 0.5) is 0 Å². The maximum atomic E-state index is 10.6. The lowest BCUT2D eigenvalue weighted by molar-refractivity contribution is -0.133. The van der Waals surface area contributed by atoms with E-state index in [2.05, 4.69) is 4.99 Å². The minimum absolute atomic E-state index is 0.347. The number of ketones is 1. The highest BCUT2D eigenvalue weighted by Crippen LogP contribution is 2.03. The highest BCUT2D eigenvalue weighted by Gasteiger charge is 2.18. The molecule has 0 spiro atoms. The van der Waals surface area contributed by atoms with Crippen LogP contribution in [0, 0.1) is 0 Å². The van der Waals surface area contributed by atoms with Gasteiger partial charge in [-0.2, -0.15) is 0 Å². The average Bonchev–Trinajstić information content (AvgIpc) is 1.94. The van der Waals surface area contributed by atoms with Gasteiger partial charge in [-0.15, -0.1) is 0 Å². The second-order valence-corrected chi connectivity index (χ2v) is 1.96. The Hall–Kier alpha value is -1.49. The summed E-state index contributed by atoms with van der Waals surface area (Å²) >= 11 is 0. The van der Waals surface area contributed by atoms with Crippen LogP contribution in [0.5, 0.6) is 0 Å². The monoisotopic (exact) mass is 155 g/mol. The molecule has 1 rings (SSSR count). The summed E-state index contributed by atoms with van der Waals surface area (Å²) in [5.41, 5.74) is -0.347. The molecule has 11 heavy (non-hydrogen) atoms. The Balaban J connectivity index is 2.89. The highest BCUT2D eigenvalue weighted by atomic mass is 16.4. The van der Waals surface area contributed by atoms with Crippen LogP contribution in [0.25, 0.3) is 0 Å². The second-order valence-electron chi connectivity index (χ2n) is 1.96. The van der Waals surface area contributed by atoms with Crippen molar-refractivity contribution in [3.63, 3.8) is 0 Å². The number of hydrogen-bond donors (Lipinski definition) is 2. The van der Waals surface area contributed by atoms with Gasteiger partial charge in [0.1, 0.15) is 0 Å². The van der Waals surface area contributed by atoms with Crippen LogP contribution in [-0.2, 0) is 9.59 Å². The number of carboxylic acid groups (broad SMARTS) is 1. The Kier molecular flexibility index (Phi) is 1.82.